The second-order valence-corrected chi connectivity index (χ2v) is 8.24. The molecule has 0 saturated carbocycles. The Labute approximate surface area is 189 Å². The largest absolute Gasteiger partial charge is 0.491 e. The summed E-state index contributed by atoms with van der Waals surface area (Å²) in [4.78, 5) is 33.6. The van der Waals surface area contributed by atoms with E-state index in [-0.39, 0.29) is 30.4 Å². The number of nitriles is 1. The number of rotatable bonds is 7. The van der Waals surface area contributed by atoms with Gasteiger partial charge in [-0.15, -0.1) is 0 Å². The van der Waals surface area contributed by atoms with Crippen molar-refractivity contribution in [2.24, 2.45) is 4.99 Å². The first-order chi connectivity index (χ1) is 15.6. The van der Waals surface area contributed by atoms with E-state index in [1.165, 1.54) is 0 Å². The number of guanidine groups is 1. The number of hydrogen-bond donors (Lipinski definition) is 2. The van der Waals surface area contributed by atoms with Crippen LogP contribution in [-0.4, -0.2) is 72.4 Å². The molecule has 2 saturated heterocycles. The van der Waals surface area contributed by atoms with E-state index < -0.39 is 6.04 Å². The lowest BCUT2D eigenvalue weighted by Gasteiger charge is -2.25. The highest BCUT2D eigenvalue weighted by Crippen LogP contribution is 2.16. The molecule has 0 bridgehead atoms. The molecule has 0 aliphatic carbocycles. The van der Waals surface area contributed by atoms with Crippen LogP contribution < -0.4 is 15.4 Å². The van der Waals surface area contributed by atoms with E-state index in [2.05, 4.69) is 15.6 Å². The van der Waals surface area contributed by atoms with E-state index in [9.17, 15) is 9.59 Å². The molecule has 2 atom stereocenters. The SMILES string of the molecule is CC(COc1ccccc1)NC(=NC1CCCCN(CC(=O)N2CCCC2)C1=O)NC#N. The van der Waals surface area contributed by atoms with Gasteiger partial charge >= 0.3 is 0 Å². The van der Waals surface area contributed by atoms with Gasteiger partial charge < -0.3 is 19.9 Å². The Bertz CT molecular complexity index is 832. The number of amides is 2. The number of carbonyl (C=O) groups is 2. The fourth-order valence-corrected chi connectivity index (χ4v) is 3.92. The average molecular weight is 441 g/mol. The van der Waals surface area contributed by atoms with Crippen LogP contribution in [0.2, 0.25) is 0 Å². The Balaban J connectivity index is 1.61. The number of hydrogen-bond acceptors (Lipinski definition) is 5. The van der Waals surface area contributed by atoms with Gasteiger partial charge in [0.1, 0.15) is 18.4 Å². The van der Waals surface area contributed by atoms with Gasteiger partial charge in [-0.05, 0) is 51.2 Å². The average Bonchev–Trinajstić information content (AvgIpc) is 3.29. The Kier molecular flexibility index (Phi) is 8.72. The summed E-state index contributed by atoms with van der Waals surface area (Å²) in [7, 11) is 0. The van der Waals surface area contributed by atoms with Gasteiger partial charge in [0, 0.05) is 19.6 Å². The molecule has 32 heavy (non-hydrogen) atoms. The van der Waals surface area contributed by atoms with Gasteiger partial charge in [-0.25, -0.2) is 4.99 Å². The minimum atomic E-state index is -0.630. The fraction of sp³-hybridized carbons (Fsp3) is 0.565. The van der Waals surface area contributed by atoms with Crippen LogP contribution in [0.5, 0.6) is 5.75 Å². The van der Waals surface area contributed by atoms with E-state index in [1.807, 2.05) is 48.3 Å². The van der Waals surface area contributed by atoms with Crippen molar-refractivity contribution in [3.63, 3.8) is 0 Å². The molecule has 2 fully saturated rings. The van der Waals surface area contributed by atoms with E-state index in [0.29, 0.717) is 19.6 Å². The minimum absolute atomic E-state index is 0.000612. The smallest absolute Gasteiger partial charge is 0.247 e. The zero-order valence-electron chi connectivity index (χ0n) is 18.6. The van der Waals surface area contributed by atoms with Gasteiger partial charge in [0.15, 0.2) is 6.19 Å². The molecule has 1 aromatic rings. The predicted octanol–water partition coefficient (Wildman–Crippen LogP) is 1.47. The third kappa shape index (κ3) is 6.87. The van der Waals surface area contributed by atoms with E-state index in [1.54, 1.807) is 4.90 Å². The van der Waals surface area contributed by atoms with Crippen LogP contribution in [0, 0.1) is 11.5 Å². The Morgan fingerprint density at radius 3 is 2.66 bits per heavy atom. The third-order valence-corrected chi connectivity index (χ3v) is 5.62. The monoisotopic (exact) mass is 440 g/mol. The van der Waals surface area contributed by atoms with Crippen LogP contribution in [-0.2, 0) is 9.59 Å². The zero-order valence-corrected chi connectivity index (χ0v) is 18.6. The number of nitrogens with one attached hydrogen (secondary N) is 2. The molecule has 172 valence electrons. The van der Waals surface area contributed by atoms with Crippen molar-refractivity contribution in [3.05, 3.63) is 30.3 Å². The van der Waals surface area contributed by atoms with Gasteiger partial charge in [0.2, 0.25) is 17.8 Å². The summed E-state index contributed by atoms with van der Waals surface area (Å²) < 4.78 is 5.74. The number of ether oxygens (including phenoxy) is 1. The number of benzene rings is 1. The van der Waals surface area contributed by atoms with Crippen LogP contribution >= 0.6 is 0 Å². The van der Waals surface area contributed by atoms with Crippen molar-refractivity contribution in [2.75, 3.05) is 32.8 Å². The third-order valence-electron chi connectivity index (χ3n) is 5.62. The lowest BCUT2D eigenvalue weighted by atomic mass is 10.1. The first-order valence-corrected chi connectivity index (χ1v) is 11.3. The summed E-state index contributed by atoms with van der Waals surface area (Å²) in [6.45, 7) is 4.47. The molecule has 0 aromatic heterocycles. The molecule has 1 aromatic carbocycles. The second kappa shape index (κ2) is 11.9. The van der Waals surface area contributed by atoms with Crippen molar-refractivity contribution in [2.45, 2.75) is 51.1 Å². The van der Waals surface area contributed by atoms with E-state index in [0.717, 1.165) is 44.5 Å². The molecule has 2 aliphatic rings. The lowest BCUT2D eigenvalue weighted by Crippen LogP contribution is -2.47. The molecule has 2 unspecified atom stereocenters. The fourth-order valence-electron chi connectivity index (χ4n) is 3.92. The highest BCUT2D eigenvalue weighted by molar-refractivity contribution is 5.90. The molecule has 2 amide bonds. The Morgan fingerprint density at radius 1 is 1.22 bits per heavy atom. The normalized spacial score (nSPS) is 20.3. The maximum atomic E-state index is 13.1. The Hall–Kier alpha value is -3.28. The topological polar surface area (TPSA) is 110 Å². The first kappa shape index (κ1) is 23.4. The van der Waals surface area contributed by atoms with Crippen molar-refractivity contribution in [1.29, 1.82) is 5.26 Å². The molecule has 0 radical (unpaired) electrons. The summed E-state index contributed by atoms with van der Waals surface area (Å²) >= 11 is 0. The summed E-state index contributed by atoms with van der Waals surface area (Å²) in [5.74, 6) is 0.829. The van der Waals surface area contributed by atoms with Gasteiger partial charge in [-0.1, -0.05) is 18.2 Å². The molecule has 2 heterocycles. The molecular weight excluding hydrogens is 408 g/mol. The molecule has 9 heteroatoms. The number of aliphatic imine (C=N–C) groups is 1. The van der Waals surface area contributed by atoms with Gasteiger partial charge in [0.05, 0.1) is 12.6 Å². The molecule has 3 rings (SSSR count). The van der Waals surface area contributed by atoms with Crippen molar-refractivity contribution >= 4 is 17.8 Å². The van der Waals surface area contributed by atoms with Crippen molar-refractivity contribution < 1.29 is 14.3 Å². The van der Waals surface area contributed by atoms with Crippen LogP contribution in [0.3, 0.4) is 0 Å². The van der Waals surface area contributed by atoms with E-state index in [4.69, 9.17) is 10.00 Å². The number of carbonyl (C=O) groups excluding carboxylic acids is 2. The maximum absolute atomic E-state index is 13.1. The quantitative estimate of drug-likeness (QED) is 0.288. The molecular formula is C23H32N6O3. The van der Waals surface area contributed by atoms with Crippen molar-refractivity contribution in [1.82, 2.24) is 20.4 Å². The summed E-state index contributed by atoms with van der Waals surface area (Å²) in [6.07, 6.45) is 6.17. The zero-order chi connectivity index (χ0) is 22.8. The summed E-state index contributed by atoms with van der Waals surface area (Å²) in [5.41, 5.74) is 0. The van der Waals surface area contributed by atoms with Crippen LogP contribution in [0.1, 0.15) is 39.0 Å². The standard InChI is InChI=1S/C23H32N6O3/c1-18(16-32-19-9-3-2-4-10-19)26-23(25-17-24)27-20-11-5-6-14-29(22(20)31)15-21(30)28-12-7-8-13-28/h2-4,9-10,18,20H,5-8,11-16H2,1H3,(H2,25,26,27). The summed E-state index contributed by atoms with van der Waals surface area (Å²) in [5, 5.41) is 14.8. The van der Waals surface area contributed by atoms with E-state index >= 15 is 0 Å². The molecule has 2 N–H and O–H groups in total. The summed E-state index contributed by atoms with van der Waals surface area (Å²) in [6, 6.07) is 8.68. The maximum Gasteiger partial charge on any atom is 0.247 e. The first-order valence-electron chi connectivity index (χ1n) is 11.3. The molecule has 9 nitrogen and oxygen atoms in total. The number of nitrogens with zero attached hydrogens (tertiary/aromatic N) is 4. The van der Waals surface area contributed by atoms with Crippen molar-refractivity contribution in [3.8, 4) is 11.9 Å². The number of para-hydroxylation sites is 1. The van der Waals surface area contributed by atoms with Gasteiger partial charge in [-0.3, -0.25) is 14.9 Å². The second-order valence-electron chi connectivity index (χ2n) is 8.24. The highest BCUT2D eigenvalue weighted by atomic mass is 16.5. The predicted molar refractivity (Wildman–Crippen MR) is 121 cm³/mol. The molecule has 0 spiro atoms. The van der Waals surface area contributed by atoms with Crippen LogP contribution in [0.4, 0.5) is 0 Å². The van der Waals surface area contributed by atoms with Crippen LogP contribution in [0.25, 0.3) is 0 Å². The van der Waals surface area contributed by atoms with Gasteiger partial charge in [-0.2, -0.15) is 5.26 Å². The molecule has 2 aliphatic heterocycles. The Morgan fingerprint density at radius 2 is 1.94 bits per heavy atom. The minimum Gasteiger partial charge on any atom is -0.491 e. The number of likely N-dealkylation sites (tertiary alicyclic amines) is 2. The highest BCUT2D eigenvalue weighted by Gasteiger charge is 2.30. The van der Waals surface area contributed by atoms with Gasteiger partial charge in [0.25, 0.3) is 0 Å². The lowest BCUT2D eigenvalue weighted by molar-refractivity contribution is -0.140. The van der Waals surface area contributed by atoms with Crippen LogP contribution in [0.15, 0.2) is 35.3 Å².